The highest BCUT2D eigenvalue weighted by Crippen LogP contribution is 2.35. The number of aliphatic hydroxyl groups is 1. The molecule has 0 saturated carbocycles. The van der Waals surface area contributed by atoms with Gasteiger partial charge in [0.25, 0.3) is 5.91 Å². The van der Waals surface area contributed by atoms with E-state index in [0.29, 0.717) is 0 Å². The molecule has 2 N–H and O–H groups in total. The largest absolute Gasteiger partial charge is 0.502 e. The third-order valence-electron chi connectivity index (χ3n) is 5.70. The minimum Gasteiger partial charge on any atom is -0.502 e. The number of aromatic nitrogens is 1. The summed E-state index contributed by atoms with van der Waals surface area (Å²) in [7, 11) is 0. The quantitative estimate of drug-likeness (QED) is 0.794. The molecule has 0 bridgehead atoms. The molecule has 1 aromatic heterocycles. The van der Waals surface area contributed by atoms with E-state index in [4.69, 9.17) is 0 Å². The van der Waals surface area contributed by atoms with Gasteiger partial charge >= 0.3 is 0 Å². The Labute approximate surface area is 174 Å². The monoisotopic (exact) mass is 407 g/mol. The van der Waals surface area contributed by atoms with Gasteiger partial charge in [-0.15, -0.1) is 0 Å². The molecule has 7 heteroatoms. The third kappa shape index (κ3) is 3.41. The van der Waals surface area contributed by atoms with Crippen LogP contribution in [0, 0.1) is 0 Å². The number of aromatic hydroxyl groups is 1. The Balaban J connectivity index is 1.92. The maximum Gasteiger partial charge on any atom is 0.278 e. The first-order valence-corrected chi connectivity index (χ1v) is 10.1. The van der Waals surface area contributed by atoms with Crippen molar-refractivity contribution < 1.29 is 15.0 Å². The molecular formula is C23H25N3O4. The first-order chi connectivity index (χ1) is 14.5. The van der Waals surface area contributed by atoms with Crippen LogP contribution < -0.4 is 10.4 Å². The Hall–Kier alpha value is -3.32. The first kappa shape index (κ1) is 20.0. The molecule has 2 atom stereocenters. The fourth-order valence-corrected chi connectivity index (χ4v) is 4.06. The molecule has 1 amide bonds. The lowest BCUT2D eigenvalue weighted by molar-refractivity contribution is 0.0525. The van der Waals surface area contributed by atoms with Gasteiger partial charge in [-0.05, 0) is 30.9 Å². The second-order valence-corrected chi connectivity index (χ2v) is 7.63. The van der Waals surface area contributed by atoms with Crippen LogP contribution in [-0.2, 0) is 0 Å². The molecule has 0 spiro atoms. The Morgan fingerprint density at radius 1 is 1.13 bits per heavy atom. The zero-order valence-corrected chi connectivity index (χ0v) is 16.8. The topological polar surface area (TPSA) is 86.0 Å². The number of rotatable bonds is 5. The average molecular weight is 407 g/mol. The lowest BCUT2D eigenvalue weighted by atomic mass is 9.92. The van der Waals surface area contributed by atoms with Crippen molar-refractivity contribution in [1.29, 1.82) is 0 Å². The predicted octanol–water partition coefficient (Wildman–Crippen LogP) is 2.30. The summed E-state index contributed by atoms with van der Waals surface area (Å²) < 4.78 is 1.58. The molecule has 2 heterocycles. The zero-order chi connectivity index (χ0) is 21.3. The molecule has 0 saturated heterocycles. The number of carbonyl (C=O) groups excluding carboxylic acids is 1. The Morgan fingerprint density at radius 3 is 2.57 bits per heavy atom. The molecular weight excluding hydrogens is 382 g/mol. The summed E-state index contributed by atoms with van der Waals surface area (Å²) in [5.74, 6) is -1.06. The standard InChI is InChI=1S/C23H25N3O4/c1-16(14-27)24-15-26(25-13-12-19(28)22(29)21(25)23(24)30)20(17-8-4-2-5-9-17)18-10-6-3-7-11-18/h2-6,8-10,12-13,16,20,27,29H,7,11,14-15H2,1H3. The van der Waals surface area contributed by atoms with Gasteiger partial charge in [0.05, 0.1) is 18.7 Å². The van der Waals surface area contributed by atoms with E-state index in [9.17, 15) is 19.8 Å². The van der Waals surface area contributed by atoms with Crippen LogP contribution in [0.25, 0.3) is 0 Å². The number of allylic oxidation sites excluding steroid dienone is 3. The molecule has 7 nitrogen and oxygen atoms in total. The van der Waals surface area contributed by atoms with Gasteiger partial charge in [0.2, 0.25) is 5.43 Å². The van der Waals surface area contributed by atoms with Crippen LogP contribution in [-0.4, -0.2) is 45.0 Å². The van der Waals surface area contributed by atoms with E-state index in [1.165, 1.54) is 22.7 Å². The summed E-state index contributed by atoms with van der Waals surface area (Å²) in [6, 6.07) is 10.5. The number of nitrogens with zero attached hydrogens (tertiary/aromatic N) is 3. The Bertz CT molecular complexity index is 1060. The summed E-state index contributed by atoms with van der Waals surface area (Å²) in [5, 5.41) is 22.1. The summed E-state index contributed by atoms with van der Waals surface area (Å²) >= 11 is 0. The number of hydrogen-bond acceptors (Lipinski definition) is 5. The maximum atomic E-state index is 13.1. The highest BCUT2D eigenvalue weighted by Gasteiger charge is 2.38. The fraction of sp³-hybridized carbons (Fsp3) is 0.304. The van der Waals surface area contributed by atoms with Crippen LogP contribution >= 0.6 is 0 Å². The molecule has 4 rings (SSSR count). The SMILES string of the molecule is CC(CO)N1CN(C(C2=CC=CCC2)c2ccccc2)n2ccc(=O)c(O)c2C1=O. The minimum atomic E-state index is -0.607. The van der Waals surface area contributed by atoms with Crippen LogP contribution in [0.1, 0.15) is 41.9 Å². The molecule has 2 aliphatic rings. The number of amides is 1. The van der Waals surface area contributed by atoms with Gasteiger partial charge in [-0.2, -0.15) is 0 Å². The Kier molecular flexibility index (Phi) is 5.46. The number of pyridine rings is 1. The maximum absolute atomic E-state index is 13.1. The van der Waals surface area contributed by atoms with Crippen molar-refractivity contribution in [1.82, 2.24) is 9.58 Å². The van der Waals surface area contributed by atoms with Crippen LogP contribution in [0.5, 0.6) is 5.75 Å². The van der Waals surface area contributed by atoms with Crippen molar-refractivity contribution >= 4 is 5.91 Å². The number of hydrogen-bond donors (Lipinski definition) is 2. The first-order valence-electron chi connectivity index (χ1n) is 10.1. The normalized spacial score (nSPS) is 18.1. The molecule has 2 aromatic rings. The van der Waals surface area contributed by atoms with Gasteiger partial charge in [0, 0.05) is 12.3 Å². The molecule has 1 aromatic carbocycles. The molecule has 0 radical (unpaired) electrons. The van der Waals surface area contributed by atoms with Gasteiger partial charge in [0.15, 0.2) is 11.4 Å². The molecule has 1 aliphatic carbocycles. The van der Waals surface area contributed by atoms with E-state index < -0.39 is 23.1 Å². The average Bonchev–Trinajstić information content (AvgIpc) is 2.78. The van der Waals surface area contributed by atoms with Crippen LogP contribution in [0.3, 0.4) is 0 Å². The van der Waals surface area contributed by atoms with Crippen molar-refractivity contribution in [3.63, 3.8) is 0 Å². The van der Waals surface area contributed by atoms with E-state index >= 15 is 0 Å². The second kappa shape index (κ2) is 8.20. The van der Waals surface area contributed by atoms with Crippen molar-refractivity contribution in [3.05, 3.63) is 87.9 Å². The van der Waals surface area contributed by atoms with Gasteiger partial charge < -0.3 is 15.1 Å². The smallest absolute Gasteiger partial charge is 0.278 e. The van der Waals surface area contributed by atoms with E-state index in [1.807, 2.05) is 41.4 Å². The second-order valence-electron chi connectivity index (χ2n) is 7.63. The van der Waals surface area contributed by atoms with Gasteiger partial charge in [-0.1, -0.05) is 48.6 Å². The van der Waals surface area contributed by atoms with Crippen molar-refractivity contribution in [2.24, 2.45) is 0 Å². The third-order valence-corrected chi connectivity index (χ3v) is 5.70. The van der Waals surface area contributed by atoms with Gasteiger partial charge in [0.1, 0.15) is 6.67 Å². The molecule has 2 unspecified atom stereocenters. The van der Waals surface area contributed by atoms with Crippen LogP contribution in [0.15, 0.2) is 71.2 Å². The minimum absolute atomic E-state index is 0.0815. The predicted molar refractivity (Wildman–Crippen MR) is 114 cm³/mol. The molecule has 0 fully saturated rings. The highest BCUT2D eigenvalue weighted by atomic mass is 16.3. The van der Waals surface area contributed by atoms with Crippen molar-refractivity contribution in [2.75, 3.05) is 18.3 Å². The molecule has 1 aliphatic heterocycles. The number of aliphatic hydroxyl groups excluding tert-OH is 1. The van der Waals surface area contributed by atoms with E-state index in [-0.39, 0.29) is 25.0 Å². The van der Waals surface area contributed by atoms with Crippen LogP contribution in [0.4, 0.5) is 0 Å². The summed E-state index contributed by atoms with van der Waals surface area (Å²) in [5.41, 5.74) is 1.51. The summed E-state index contributed by atoms with van der Waals surface area (Å²) in [6.45, 7) is 1.72. The highest BCUT2D eigenvalue weighted by molar-refractivity contribution is 5.96. The lowest BCUT2D eigenvalue weighted by Gasteiger charge is -2.46. The van der Waals surface area contributed by atoms with Gasteiger partial charge in [-0.25, -0.2) is 0 Å². The number of benzene rings is 1. The van der Waals surface area contributed by atoms with Gasteiger partial charge in [-0.3, -0.25) is 19.3 Å². The summed E-state index contributed by atoms with van der Waals surface area (Å²) in [6.07, 6.45) is 9.53. The van der Waals surface area contributed by atoms with E-state index in [2.05, 4.69) is 12.2 Å². The Morgan fingerprint density at radius 2 is 1.90 bits per heavy atom. The van der Waals surface area contributed by atoms with Crippen molar-refractivity contribution in [2.45, 2.75) is 31.8 Å². The van der Waals surface area contributed by atoms with E-state index in [0.717, 1.165) is 18.4 Å². The van der Waals surface area contributed by atoms with Crippen LogP contribution in [0.2, 0.25) is 0 Å². The number of fused-ring (bicyclic) bond motifs is 1. The fourth-order valence-electron chi connectivity index (χ4n) is 4.06. The number of carbonyl (C=O) groups is 1. The molecule has 156 valence electrons. The lowest BCUT2D eigenvalue weighted by Crippen LogP contribution is -2.58. The molecule has 30 heavy (non-hydrogen) atoms. The summed E-state index contributed by atoms with van der Waals surface area (Å²) in [4.78, 5) is 26.7. The van der Waals surface area contributed by atoms with E-state index in [1.54, 1.807) is 11.6 Å². The van der Waals surface area contributed by atoms with Crippen molar-refractivity contribution in [3.8, 4) is 5.75 Å². The zero-order valence-electron chi connectivity index (χ0n) is 16.8.